The molecule has 3 rings (SSSR count). The monoisotopic (exact) mass is 355 g/mol. The lowest BCUT2D eigenvalue weighted by molar-refractivity contribution is -0.385. The molecule has 0 radical (unpaired) electrons. The summed E-state index contributed by atoms with van der Waals surface area (Å²) in [5.74, 6) is -0.795. The Bertz CT molecular complexity index is 778. The Labute approximate surface area is 141 Å². The van der Waals surface area contributed by atoms with E-state index in [4.69, 9.17) is 27.9 Å². The van der Waals surface area contributed by atoms with Gasteiger partial charge in [0.25, 0.3) is 5.69 Å². The number of nitro benzene ring substituents is 1. The van der Waals surface area contributed by atoms with E-state index in [1.54, 1.807) is 18.2 Å². The molecule has 1 saturated carbocycles. The number of hydrogen-bond acceptors (Lipinski definition) is 3. The fourth-order valence-electron chi connectivity index (χ4n) is 2.68. The van der Waals surface area contributed by atoms with E-state index in [1.807, 2.05) is 0 Å². The Morgan fingerprint density at radius 2 is 1.91 bits per heavy atom. The molecule has 1 aliphatic carbocycles. The van der Waals surface area contributed by atoms with E-state index in [-0.39, 0.29) is 11.4 Å². The van der Waals surface area contributed by atoms with E-state index in [0.717, 1.165) is 18.1 Å². The van der Waals surface area contributed by atoms with Gasteiger partial charge >= 0.3 is 0 Å². The average Bonchev–Trinajstić information content (AvgIpc) is 2.45. The molecule has 0 spiro atoms. The Kier molecular flexibility index (Phi) is 4.17. The van der Waals surface area contributed by atoms with Crippen LogP contribution < -0.4 is 4.74 Å². The van der Waals surface area contributed by atoms with E-state index in [0.29, 0.717) is 22.9 Å². The maximum absolute atomic E-state index is 14.1. The number of non-ortho nitro benzene ring substituents is 1. The van der Waals surface area contributed by atoms with Gasteiger partial charge in [-0.25, -0.2) is 4.39 Å². The summed E-state index contributed by atoms with van der Waals surface area (Å²) >= 11 is 12.2. The Balaban J connectivity index is 1.95. The van der Waals surface area contributed by atoms with Crippen molar-refractivity contribution in [2.24, 2.45) is 0 Å². The highest BCUT2D eigenvalue weighted by molar-refractivity contribution is 6.35. The van der Waals surface area contributed by atoms with Gasteiger partial charge in [-0.2, -0.15) is 0 Å². The van der Waals surface area contributed by atoms with Gasteiger partial charge in [-0.05, 0) is 37.5 Å². The molecule has 0 bridgehead atoms. The Hall–Kier alpha value is -1.85. The van der Waals surface area contributed by atoms with E-state index < -0.39 is 16.3 Å². The predicted octanol–water partition coefficient (Wildman–Crippen LogP) is 5.50. The minimum absolute atomic E-state index is 0.0266. The van der Waals surface area contributed by atoms with Crippen molar-refractivity contribution in [3.8, 4) is 5.75 Å². The van der Waals surface area contributed by atoms with E-state index in [1.165, 1.54) is 12.1 Å². The van der Waals surface area contributed by atoms with Crippen LogP contribution in [0.3, 0.4) is 0 Å². The number of rotatable bonds is 4. The largest absolute Gasteiger partial charge is 0.479 e. The normalized spacial score (nSPS) is 15.8. The maximum atomic E-state index is 14.1. The summed E-state index contributed by atoms with van der Waals surface area (Å²) in [5, 5.41) is 11.7. The van der Waals surface area contributed by atoms with Crippen LogP contribution in [0.1, 0.15) is 24.8 Å². The second kappa shape index (κ2) is 5.98. The molecule has 1 fully saturated rings. The molecule has 23 heavy (non-hydrogen) atoms. The van der Waals surface area contributed by atoms with Crippen molar-refractivity contribution in [1.82, 2.24) is 0 Å². The highest BCUT2D eigenvalue weighted by atomic mass is 35.5. The lowest BCUT2D eigenvalue weighted by Gasteiger charge is -2.42. The summed E-state index contributed by atoms with van der Waals surface area (Å²) in [5.41, 5.74) is -0.298. The second-order valence-electron chi connectivity index (χ2n) is 5.45. The van der Waals surface area contributed by atoms with Crippen LogP contribution in [0.2, 0.25) is 10.0 Å². The van der Waals surface area contributed by atoms with Gasteiger partial charge in [0.05, 0.1) is 11.0 Å². The molecule has 0 atom stereocenters. The first-order valence-corrected chi connectivity index (χ1v) is 7.75. The first kappa shape index (κ1) is 16.0. The molecule has 0 N–H and O–H groups in total. The van der Waals surface area contributed by atoms with E-state index in [9.17, 15) is 14.5 Å². The van der Waals surface area contributed by atoms with Crippen molar-refractivity contribution in [2.45, 2.75) is 24.9 Å². The summed E-state index contributed by atoms with van der Waals surface area (Å²) in [6.45, 7) is 0. The summed E-state index contributed by atoms with van der Waals surface area (Å²) < 4.78 is 20.0. The van der Waals surface area contributed by atoms with Crippen LogP contribution in [0.15, 0.2) is 36.4 Å². The van der Waals surface area contributed by atoms with Gasteiger partial charge in [-0.3, -0.25) is 10.1 Å². The second-order valence-corrected chi connectivity index (χ2v) is 6.29. The van der Waals surface area contributed by atoms with Gasteiger partial charge < -0.3 is 4.74 Å². The van der Waals surface area contributed by atoms with Crippen LogP contribution in [0.25, 0.3) is 0 Å². The number of halogens is 3. The molecule has 0 unspecified atom stereocenters. The molecule has 0 saturated heterocycles. The standard InChI is InChI=1S/C16H12Cl2FNO3/c17-10-2-4-12(13(18)8-10)16(6-1-7-16)23-15-5-3-11(20(21)22)9-14(15)19/h2-5,8-9H,1,6-7H2. The third kappa shape index (κ3) is 2.99. The zero-order valence-corrected chi connectivity index (χ0v) is 13.4. The molecule has 0 amide bonds. The number of ether oxygens (including phenoxy) is 1. The molecule has 120 valence electrons. The van der Waals surface area contributed by atoms with Gasteiger partial charge in [0.1, 0.15) is 5.60 Å². The SMILES string of the molecule is O=[N+]([O-])c1ccc(OC2(c3ccc(Cl)cc3Cl)CCC2)c(F)c1. The van der Waals surface area contributed by atoms with Crippen LogP contribution in [0.4, 0.5) is 10.1 Å². The topological polar surface area (TPSA) is 52.4 Å². The molecule has 0 heterocycles. The van der Waals surface area contributed by atoms with Crippen LogP contribution in [-0.4, -0.2) is 4.92 Å². The van der Waals surface area contributed by atoms with Crippen LogP contribution in [-0.2, 0) is 5.60 Å². The smallest absolute Gasteiger partial charge is 0.272 e. The van der Waals surface area contributed by atoms with Crippen LogP contribution in [0.5, 0.6) is 5.75 Å². The minimum atomic E-state index is -0.768. The lowest BCUT2D eigenvalue weighted by Crippen LogP contribution is -2.40. The van der Waals surface area contributed by atoms with Crippen LogP contribution >= 0.6 is 23.2 Å². The molecule has 7 heteroatoms. The lowest BCUT2D eigenvalue weighted by atomic mass is 9.74. The van der Waals surface area contributed by atoms with Crippen molar-refractivity contribution in [3.05, 3.63) is 67.9 Å². The summed E-state index contributed by atoms with van der Waals surface area (Å²) in [6, 6.07) is 8.44. The summed E-state index contributed by atoms with van der Waals surface area (Å²) in [7, 11) is 0. The molecule has 2 aromatic carbocycles. The average molecular weight is 356 g/mol. The predicted molar refractivity (Wildman–Crippen MR) is 85.7 cm³/mol. The number of nitrogens with zero attached hydrogens (tertiary/aromatic N) is 1. The Morgan fingerprint density at radius 3 is 2.43 bits per heavy atom. The van der Waals surface area contributed by atoms with Crippen LogP contribution in [0, 0.1) is 15.9 Å². The van der Waals surface area contributed by atoms with Crippen molar-refractivity contribution < 1.29 is 14.1 Å². The van der Waals surface area contributed by atoms with Crippen molar-refractivity contribution in [3.63, 3.8) is 0 Å². The third-order valence-corrected chi connectivity index (χ3v) is 4.56. The zero-order chi connectivity index (χ0) is 16.6. The zero-order valence-electron chi connectivity index (χ0n) is 11.9. The fourth-order valence-corrected chi connectivity index (χ4v) is 3.26. The number of nitro groups is 1. The van der Waals surface area contributed by atoms with Gasteiger partial charge in [0.2, 0.25) is 0 Å². The summed E-state index contributed by atoms with van der Waals surface area (Å²) in [6.07, 6.45) is 2.29. The van der Waals surface area contributed by atoms with E-state index in [2.05, 4.69) is 0 Å². The molecule has 0 aromatic heterocycles. The maximum Gasteiger partial charge on any atom is 0.272 e. The first-order chi connectivity index (χ1) is 10.9. The summed E-state index contributed by atoms with van der Waals surface area (Å²) in [4.78, 5) is 10.0. The molecule has 2 aromatic rings. The fraction of sp³-hybridized carbons (Fsp3) is 0.250. The molecular formula is C16H12Cl2FNO3. The van der Waals surface area contributed by atoms with Crippen molar-refractivity contribution in [2.75, 3.05) is 0 Å². The highest BCUT2D eigenvalue weighted by Gasteiger charge is 2.43. The molecular weight excluding hydrogens is 344 g/mol. The molecule has 0 aliphatic heterocycles. The third-order valence-electron chi connectivity index (χ3n) is 4.01. The minimum Gasteiger partial charge on any atom is -0.479 e. The van der Waals surface area contributed by atoms with Gasteiger partial charge in [0.15, 0.2) is 11.6 Å². The van der Waals surface area contributed by atoms with Gasteiger partial charge in [-0.15, -0.1) is 0 Å². The highest BCUT2D eigenvalue weighted by Crippen LogP contribution is 2.48. The first-order valence-electron chi connectivity index (χ1n) is 7.00. The quantitative estimate of drug-likeness (QED) is 0.537. The van der Waals surface area contributed by atoms with Crippen molar-refractivity contribution >= 4 is 28.9 Å². The number of hydrogen-bond donors (Lipinski definition) is 0. The number of benzene rings is 2. The van der Waals surface area contributed by atoms with Gasteiger partial charge in [0, 0.05) is 21.7 Å². The van der Waals surface area contributed by atoms with Crippen molar-refractivity contribution in [1.29, 1.82) is 0 Å². The Morgan fingerprint density at radius 1 is 1.17 bits per heavy atom. The molecule has 4 nitrogen and oxygen atoms in total. The molecule has 1 aliphatic rings. The van der Waals surface area contributed by atoms with E-state index >= 15 is 0 Å². The van der Waals surface area contributed by atoms with Gasteiger partial charge in [-0.1, -0.05) is 29.3 Å².